The summed E-state index contributed by atoms with van der Waals surface area (Å²) in [5.41, 5.74) is 2.61. The molecule has 0 aliphatic heterocycles. The van der Waals surface area contributed by atoms with Gasteiger partial charge in [-0.05, 0) is 62.4 Å². The number of nitrogens with zero attached hydrogens (tertiary/aromatic N) is 2. The predicted molar refractivity (Wildman–Crippen MR) is 101 cm³/mol. The minimum atomic E-state index is -0.406. The van der Waals surface area contributed by atoms with Crippen molar-refractivity contribution in [1.82, 2.24) is 9.78 Å². The van der Waals surface area contributed by atoms with Crippen LogP contribution in [0.2, 0.25) is 0 Å². The Morgan fingerprint density at radius 3 is 2.63 bits per heavy atom. The number of benzene rings is 1. The van der Waals surface area contributed by atoms with E-state index in [0.717, 1.165) is 43.4 Å². The molecule has 1 heterocycles. The Labute approximate surface area is 157 Å². The normalized spacial score (nSPS) is 13.4. The second kappa shape index (κ2) is 8.62. The molecule has 27 heavy (non-hydrogen) atoms. The minimum Gasteiger partial charge on any atom is -0.462 e. The van der Waals surface area contributed by atoms with Gasteiger partial charge in [0.2, 0.25) is 5.91 Å². The van der Waals surface area contributed by atoms with Gasteiger partial charge < -0.3 is 10.1 Å². The third-order valence-corrected chi connectivity index (χ3v) is 4.50. The first kappa shape index (κ1) is 18.8. The molecule has 1 aromatic carbocycles. The zero-order chi connectivity index (χ0) is 19.2. The largest absolute Gasteiger partial charge is 0.462 e. The Hall–Kier alpha value is -2.96. The maximum atomic E-state index is 12.3. The number of nitrogens with one attached hydrogen (secondary N) is 1. The zero-order valence-corrected chi connectivity index (χ0v) is 15.4. The molecular weight excluding hydrogens is 346 g/mol. The van der Waals surface area contributed by atoms with Gasteiger partial charge >= 0.3 is 5.97 Å². The van der Waals surface area contributed by atoms with Crippen LogP contribution in [0, 0.1) is 0 Å². The van der Waals surface area contributed by atoms with Crippen molar-refractivity contribution in [3.05, 3.63) is 57.5 Å². The number of esters is 1. The van der Waals surface area contributed by atoms with Crippen molar-refractivity contribution in [1.29, 1.82) is 0 Å². The van der Waals surface area contributed by atoms with E-state index in [-0.39, 0.29) is 18.0 Å². The van der Waals surface area contributed by atoms with Crippen LogP contribution in [0.3, 0.4) is 0 Å². The molecule has 1 aromatic heterocycles. The van der Waals surface area contributed by atoms with Gasteiger partial charge in [0.25, 0.3) is 5.56 Å². The SMILES string of the molecule is CCOC(=O)c1ccc(NC(=O)Cn2nc3c(cc2=O)CCCCC3)cc1. The van der Waals surface area contributed by atoms with Crippen molar-refractivity contribution in [3.63, 3.8) is 0 Å². The first-order valence-corrected chi connectivity index (χ1v) is 9.24. The number of carbonyl (C=O) groups is 2. The molecule has 0 spiro atoms. The second-order valence-corrected chi connectivity index (χ2v) is 6.52. The third-order valence-electron chi connectivity index (χ3n) is 4.50. The minimum absolute atomic E-state index is 0.147. The van der Waals surface area contributed by atoms with E-state index in [9.17, 15) is 14.4 Å². The maximum Gasteiger partial charge on any atom is 0.338 e. The number of anilines is 1. The van der Waals surface area contributed by atoms with Gasteiger partial charge in [-0.3, -0.25) is 9.59 Å². The summed E-state index contributed by atoms with van der Waals surface area (Å²) in [5, 5.41) is 7.11. The molecule has 1 aliphatic rings. The zero-order valence-electron chi connectivity index (χ0n) is 15.4. The lowest BCUT2D eigenvalue weighted by atomic mass is 10.1. The number of hydrogen-bond donors (Lipinski definition) is 1. The molecule has 1 N–H and O–H groups in total. The Morgan fingerprint density at radius 2 is 1.89 bits per heavy atom. The number of aromatic nitrogens is 2. The van der Waals surface area contributed by atoms with Gasteiger partial charge in [-0.15, -0.1) is 0 Å². The molecule has 0 saturated heterocycles. The van der Waals surface area contributed by atoms with E-state index in [1.54, 1.807) is 37.3 Å². The quantitative estimate of drug-likeness (QED) is 0.645. The summed E-state index contributed by atoms with van der Waals surface area (Å²) in [5.74, 6) is -0.752. The summed E-state index contributed by atoms with van der Waals surface area (Å²) in [6.07, 6.45) is 4.97. The summed E-state index contributed by atoms with van der Waals surface area (Å²) < 4.78 is 6.14. The molecule has 3 rings (SSSR count). The van der Waals surface area contributed by atoms with E-state index in [2.05, 4.69) is 10.4 Å². The molecule has 0 radical (unpaired) electrons. The van der Waals surface area contributed by atoms with Crippen LogP contribution in [0.4, 0.5) is 5.69 Å². The molecule has 7 nitrogen and oxygen atoms in total. The fourth-order valence-electron chi connectivity index (χ4n) is 3.13. The molecule has 0 atom stereocenters. The van der Waals surface area contributed by atoms with Crippen molar-refractivity contribution in [2.75, 3.05) is 11.9 Å². The Balaban J connectivity index is 1.66. The van der Waals surface area contributed by atoms with Crippen LogP contribution in [-0.2, 0) is 28.9 Å². The van der Waals surface area contributed by atoms with Crippen LogP contribution in [-0.4, -0.2) is 28.3 Å². The number of amides is 1. The number of aryl methyl sites for hydroxylation is 2. The van der Waals surface area contributed by atoms with Crippen LogP contribution < -0.4 is 10.9 Å². The lowest BCUT2D eigenvalue weighted by Gasteiger charge is -2.10. The van der Waals surface area contributed by atoms with Crippen molar-refractivity contribution in [3.8, 4) is 0 Å². The number of rotatable bonds is 5. The number of ether oxygens (including phenoxy) is 1. The highest BCUT2D eigenvalue weighted by atomic mass is 16.5. The van der Waals surface area contributed by atoms with Gasteiger partial charge in [0, 0.05) is 11.8 Å². The molecule has 1 aliphatic carbocycles. The van der Waals surface area contributed by atoms with E-state index in [4.69, 9.17) is 4.74 Å². The summed E-state index contributed by atoms with van der Waals surface area (Å²) in [4.78, 5) is 36.2. The molecule has 0 saturated carbocycles. The van der Waals surface area contributed by atoms with Crippen molar-refractivity contribution >= 4 is 17.6 Å². The van der Waals surface area contributed by atoms with Gasteiger partial charge in [0.15, 0.2) is 0 Å². The van der Waals surface area contributed by atoms with Gasteiger partial charge in [0.05, 0.1) is 17.9 Å². The lowest BCUT2D eigenvalue weighted by Crippen LogP contribution is -2.30. The number of hydrogen-bond acceptors (Lipinski definition) is 5. The molecule has 7 heteroatoms. The van der Waals surface area contributed by atoms with Crippen molar-refractivity contribution in [2.24, 2.45) is 0 Å². The molecule has 0 unspecified atom stereocenters. The Morgan fingerprint density at radius 1 is 1.15 bits per heavy atom. The number of carbonyl (C=O) groups excluding carboxylic acids is 2. The summed E-state index contributed by atoms with van der Waals surface area (Å²) in [6.45, 7) is 1.90. The monoisotopic (exact) mass is 369 g/mol. The highest BCUT2D eigenvalue weighted by molar-refractivity contribution is 5.92. The lowest BCUT2D eigenvalue weighted by molar-refractivity contribution is -0.117. The molecule has 0 fully saturated rings. The van der Waals surface area contributed by atoms with E-state index in [0.29, 0.717) is 17.9 Å². The highest BCUT2D eigenvalue weighted by Gasteiger charge is 2.14. The van der Waals surface area contributed by atoms with Crippen LogP contribution in [0.1, 0.15) is 47.8 Å². The molecule has 0 bridgehead atoms. The van der Waals surface area contributed by atoms with Gasteiger partial charge in [-0.25, -0.2) is 9.48 Å². The summed E-state index contributed by atoms with van der Waals surface area (Å²) >= 11 is 0. The average Bonchev–Trinajstić information content (AvgIpc) is 2.87. The molecular formula is C20H23N3O4. The summed E-state index contributed by atoms with van der Waals surface area (Å²) in [6, 6.07) is 8.02. The van der Waals surface area contributed by atoms with Crippen molar-refractivity contribution in [2.45, 2.75) is 45.6 Å². The highest BCUT2D eigenvalue weighted by Crippen LogP contribution is 2.17. The van der Waals surface area contributed by atoms with E-state index >= 15 is 0 Å². The van der Waals surface area contributed by atoms with Crippen LogP contribution in [0.15, 0.2) is 35.1 Å². The van der Waals surface area contributed by atoms with Gasteiger partial charge in [-0.2, -0.15) is 5.10 Å². The van der Waals surface area contributed by atoms with Crippen LogP contribution in [0.5, 0.6) is 0 Å². The Bertz CT molecular complexity index is 887. The third kappa shape index (κ3) is 4.81. The van der Waals surface area contributed by atoms with Crippen molar-refractivity contribution < 1.29 is 14.3 Å². The standard InChI is InChI=1S/C20H23N3O4/c1-2-27-20(26)14-8-10-16(11-9-14)21-18(24)13-23-19(25)12-15-6-4-3-5-7-17(15)22-23/h8-12H,2-7,13H2,1H3,(H,21,24). The van der Waals surface area contributed by atoms with Gasteiger partial charge in [0.1, 0.15) is 6.54 Å². The average molecular weight is 369 g/mol. The Kier molecular flexibility index (Phi) is 6.01. The number of fused-ring (bicyclic) bond motifs is 1. The first-order chi connectivity index (χ1) is 13.1. The first-order valence-electron chi connectivity index (χ1n) is 9.24. The summed E-state index contributed by atoms with van der Waals surface area (Å²) in [7, 11) is 0. The van der Waals surface area contributed by atoms with Crippen LogP contribution in [0.25, 0.3) is 0 Å². The smallest absolute Gasteiger partial charge is 0.338 e. The van der Waals surface area contributed by atoms with E-state index in [1.165, 1.54) is 4.68 Å². The fourth-order valence-corrected chi connectivity index (χ4v) is 3.13. The maximum absolute atomic E-state index is 12.3. The fraction of sp³-hybridized carbons (Fsp3) is 0.400. The van der Waals surface area contributed by atoms with E-state index in [1.807, 2.05) is 0 Å². The van der Waals surface area contributed by atoms with Crippen LogP contribution >= 0.6 is 0 Å². The van der Waals surface area contributed by atoms with E-state index < -0.39 is 5.97 Å². The predicted octanol–water partition coefficient (Wildman–Crippen LogP) is 2.33. The van der Waals surface area contributed by atoms with Gasteiger partial charge in [-0.1, -0.05) is 6.42 Å². The topological polar surface area (TPSA) is 90.3 Å². The molecule has 2 aromatic rings. The molecule has 1 amide bonds. The molecule has 142 valence electrons. The second-order valence-electron chi connectivity index (χ2n) is 6.52.